The first-order chi connectivity index (χ1) is 25.8. The van der Waals surface area contributed by atoms with Crippen molar-refractivity contribution in [2.45, 2.75) is 88.8 Å². The van der Waals surface area contributed by atoms with Crippen molar-refractivity contribution in [2.75, 3.05) is 11.4 Å². The number of carboxylic acid groups (broad SMARTS) is 1. The van der Waals surface area contributed by atoms with E-state index in [0.29, 0.717) is 31.2 Å². The molecule has 2 fully saturated rings. The van der Waals surface area contributed by atoms with E-state index in [-0.39, 0.29) is 44.4 Å². The molecule has 0 heterocycles. The number of halogens is 6. The lowest BCUT2D eigenvalue weighted by Crippen LogP contribution is -2.43. The second-order valence-corrected chi connectivity index (χ2v) is 17.2. The molecule has 0 unspecified atom stereocenters. The Morgan fingerprint density at radius 2 is 1.58 bits per heavy atom. The molecular weight excluding hydrogens is 767 g/mol. The maximum absolute atomic E-state index is 15.5. The number of sulfonamides is 1. The molecule has 292 valence electrons. The van der Waals surface area contributed by atoms with Crippen molar-refractivity contribution < 1.29 is 49.8 Å². The van der Waals surface area contributed by atoms with Crippen LogP contribution in [0.5, 0.6) is 5.75 Å². The fraction of sp³-hybridized carbons (Fsp3) is 0.350. The van der Waals surface area contributed by atoms with Crippen molar-refractivity contribution in [1.29, 1.82) is 0 Å². The first-order valence-corrected chi connectivity index (χ1v) is 19.3. The summed E-state index contributed by atoms with van der Waals surface area (Å²) in [5.41, 5.74) is 0.578. The van der Waals surface area contributed by atoms with Crippen LogP contribution in [0.3, 0.4) is 0 Å². The minimum absolute atomic E-state index is 0.00465. The molecule has 55 heavy (non-hydrogen) atoms. The quantitative estimate of drug-likeness (QED) is 0.0822. The number of hydrogen-bond donors (Lipinski definition) is 1. The van der Waals surface area contributed by atoms with Gasteiger partial charge in [-0.25, -0.2) is 35.2 Å². The zero-order valence-corrected chi connectivity index (χ0v) is 31.9. The molecule has 2 saturated carbocycles. The summed E-state index contributed by atoms with van der Waals surface area (Å²) in [6.07, 6.45) is 2.96. The summed E-state index contributed by atoms with van der Waals surface area (Å²) in [4.78, 5) is 26.0. The van der Waals surface area contributed by atoms with Crippen LogP contribution in [-0.4, -0.2) is 42.4 Å². The average molecular weight is 805 g/mol. The molecule has 2 aliphatic carbocycles. The molecule has 1 amide bonds. The molecule has 4 aromatic carbocycles. The van der Waals surface area contributed by atoms with E-state index in [2.05, 4.69) is 6.07 Å². The Bertz CT molecular complexity index is 2260. The van der Waals surface area contributed by atoms with Crippen LogP contribution in [0.1, 0.15) is 90.5 Å². The van der Waals surface area contributed by atoms with Crippen molar-refractivity contribution in [3.05, 3.63) is 122 Å². The lowest BCUT2D eigenvalue weighted by Gasteiger charge is -2.30. The zero-order chi connectivity index (χ0) is 40.1. The van der Waals surface area contributed by atoms with Crippen molar-refractivity contribution in [2.24, 2.45) is 0 Å². The van der Waals surface area contributed by atoms with Gasteiger partial charge in [0.05, 0.1) is 30.4 Å². The van der Waals surface area contributed by atoms with E-state index in [9.17, 15) is 31.9 Å². The number of carbonyl (C=O) groups is 2. The summed E-state index contributed by atoms with van der Waals surface area (Å²) in [6.45, 7) is 4.28. The van der Waals surface area contributed by atoms with Gasteiger partial charge in [0.25, 0.3) is 0 Å². The van der Waals surface area contributed by atoms with Crippen LogP contribution in [0.25, 0.3) is 0 Å². The van der Waals surface area contributed by atoms with Crippen LogP contribution in [0.2, 0.25) is 5.02 Å². The molecule has 0 radical (unpaired) electrons. The van der Waals surface area contributed by atoms with Crippen LogP contribution in [-0.2, 0) is 33.3 Å². The zero-order valence-electron chi connectivity index (χ0n) is 30.4. The third-order valence-corrected chi connectivity index (χ3v) is 11.8. The van der Waals surface area contributed by atoms with Gasteiger partial charge in [-0.05, 0) is 91.0 Å². The van der Waals surface area contributed by atoms with Gasteiger partial charge in [-0.2, -0.15) is 4.31 Å². The topological polar surface area (TPSA) is 104 Å². The van der Waals surface area contributed by atoms with E-state index in [1.54, 1.807) is 0 Å². The highest BCUT2D eigenvalue weighted by molar-refractivity contribution is 7.89. The van der Waals surface area contributed by atoms with E-state index < -0.39 is 80.1 Å². The highest BCUT2D eigenvalue weighted by Crippen LogP contribution is 2.43. The van der Waals surface area contributed by atoms with Gasteiger partial charge in [0.2, 0.25) is 15.9 Å². The highest BCUT2D eigenvalue weighted by Gasteiger charge is 2.39. The number of anilines is 1. The number of amides is 1. The van der Waals surface area contributed by atoms with Gasteiger partial charge in [0.1, 0.15) is 11.6 Å². The lowest BCUT2D eigenvalue weighted by atomic mass is 9.84. The molecule has 0 bridgehead atoms. The fourth-order valence-corrected chi connectivity index (χ4v) is 7.87. The summed E-state index contributed by atoms with van der Waals surface area (Å²) < 4.78 is 110. The van der Waals surface area contributed by atoms with E-state index in [1.807, 2.05) is 32.9 Å². The molecule has 1 N–H and O–H groups in total. The van der Waals surface area contributed by atoms with Gasteiger partial charge >= 0.3 is 5.97 Å². The van der Waals surface area contributed by atoms with Gasteiger partial charge < -0.3 is 14.7 Å². The molecule has 2 aliphatic rings. The normalized spacial score (nSPS) is 14.7. The molecule has 15 heteroatoms. The molecule has 0 aliphatic heterocycles. The van der Waals surface area contributed by atoms with Crippen molar-refractivity contribution >= 4 is 39.2 Å². The number of benzene rings is 4. The minimum Gasteiger partial charge on any atom is -0.488 e. The van der Waals surface area contributed by atoms with Crippen LogP contribution in [0.4, 0.5) is 27.6 Å². The number of rotatable bonds is 13. The molecular formula is C40H38ClF5N2O6S. The van der Waals surface area contributed by atoms with Crippen molar-refractivity contribution in [3.8, 4) is 5.75 Å². The average Bonchev–Trinajstić information content (AvgIpc) is 4.05. The largest absolute Gasteiger partial charge is 0.488 e. The fourth-order valence-electron chi connectivity index (χ4n) is 6.12. The van der Waals surface area contributed by atoms with Gasteiger partial charge in [0.15, 0.2) is 28.2 Å². The van der Waals surface area contributed by atoms with Gasteiger partial charge in [-0.1, -0.05) is 56.6 Å². The number of hydrogen-bond acceptors (Lipinski definition) is 5. The number of nitrogens with zero attached hydrogens (tertiary/aromatic N) is 2. The number of carboxylic acids is 1. The smallest absolute Gasteiger partial charge is 0.335 e. The van der Waals surface area contributed by atoms with Gasteiger partial charge in [-0.15, -0.1) is 0 Å². The maximum Gasteiger partial charge on any atom is 0.335 e. The number of aromatic carboxylic acids is 1. The molecule has 0 atom stereocenters. The SMILES string of the molecule is Cc1c(F)c(F)c(F)c(S(=O)(=O)N(CC(=O)N(Cc2cc(C3CC3)cc(C(C)(C)C)c2)c2ccc(C(=O)O)cc2OC2CC2)Cc2c(F)cccc2Cl)c1F. The van der Waals surface area contributed by atoms with Crippen LogP contribution in [0, 0.1) is 36.0 Å². The van der Waals surface area contributed by atoms with Crippen LogP contribution in [0.15, 0.2) is 59.5 Å². The van der Waals surface area contributed by atoms with Gasteiger partial charge in [-0.3, -0.25) is 4.79 Å². The summed E-state index contributed by atoms with van der Waals surface area (Å²) in [5.74, 6) is -11.5. The Balaban J connectivity index is 1.51. The van der Waals surface area contributed by atoms with Gasteiger partial charge in [0, 0.05) is 22.7 Å². The first kappa shape index (κ1) is 40.1. The Labute approximate surface area is 320 Å². The number of ether oxygens (including phenoxy) is 1. The summed E-state index contributed by atoms with van der Waals surface area (Å²) in [7, 11) is -5.62. The molecule has 4 aromatic rings. The Morgan fingerprint density at radius 1 is 0.891 bits per heavy atom. The van der Waals surface area contributed by atoms with Crippen LogP contribution < -0.4 is 9.64 Å². The number of carbonyl (C=O) groups excluding carboxylic acids is 1. The maximum atomic E-state index is 15.5. The molecule has 6 rings (SSSR count). The van der Waals surface area contributed by atoms with E-state index >= 15 is 13.2 Å². The molecule has 0 spiro atoms. The predicted molar refractivity (Wildman–Crippen MR) is 195 cm³/mol. The lowest BCUT2D eigenvalue weighted by molar-refractivity contribution is -0.119. The Hall–Kier alpha value is -4.53. The third kappa shape index (κ3) is 8.51. The minimum atomic E-state index is -5.62. The Morgan fingerprint density at radius 3 is 2.18 bits per heavy atom. The van der Waals surface area contributed by atoms with Crippen LogP contribution >= 0.6 is 11.6 Å². The molecule has 8 nitrogen and oxygen atoms in total. The van der Waals surface area contributed by atoms with Crippen molar-refractivity contribution in [1.82, 2.24) is 4.31 Å². The first-order valence-electron chi connectivity index (χ1n) is 17.5. The van der Waals surface area contributed by atoms with E-state index in [0.717, 1.165) is 34.9 Å². The second-order valence-electron chi connectivity index (χ2n) is 15.0. The molecule has 0 aromatic heterocycles. The Kier molecular flexibility index (Phi) is 11.1. The predicted octanol–water partition coefficient (Wildman–Crippen LogP) is 9.18. The summed E-state index contributed by atoms with van der Waals surface area (Å²) in [5, 5.41) is 9.48. The molecule has 0 saturated heterocycles. The third-order valence-electron chi connectivity index (χ3n) is 9.64. The van der Waals surface area contributed by atoms with E-state index in [4.69, 9.17) is 16.3 Å². The van der Waals surface area contributed by atoms with E-state index in [1.165, 1.54) is 30.3 Å². The second kappa shape index (κ2) is 15.2. The summed E-state index contributed by atoms with van der Waals surface area (Å²) in [6, 6.07) is 13.1. The highest BCUT2D eigenvalue weighted by atomic mass is 35.5. The van der Waals surface area contributed by atoms with Crippen molar-refractivity contribution in [3.63, 3.8) is 0 Å². The standard InChI is InChI=1S/C40H38ClF5N2O6S/c1-21-34(43)36(45)37(46)38(35(21)44)55(52,53)47(19-28-29(41)6-5-7-30(28)42)20-33(49)48(31-13-10-24(39(50)51)17-32(31)54-27-11-12-27)18-22-14-25(23-8-9-23)16-26(15-22)40(2,3)4/h5-7,10,13-17,23,27H,8-9,11-12,18-20H2,1-4H3,(H,50,51). The summed E-state index contributed by atoms with van der Waals surface area (Å²) >= 11 is 6.24. The monoisotopic (exact) mass is 804 g/mol.